The normalized spacial score (nSPS) is 18.1. The van der Waals surface area contributed by atoms with Gasteiger partial charge in [-0.25, -0.2) is 0 Å². The lowest BCUT2D eigenvalue weighted by Crippen LogP contribution is -2.51. The zero-order valence-electron chi connectivity index (χ0n) is 11.4. The molecule has 1 aliphatic heterocycles. The SMILES string of the molecule is CCC(C#N)N1CCN(C(=O)c2sccc2C)CC1. The van der Waals surface area contributed by atoms with Crippen molar-refractivity contribution in [3.63, 3.8) is 0 Å². The topological polar surface area (TPSA) is 47.3 Å². The number of hydrogen-bond acceptors (Lipinski definition) is 4. The number of nitriles is 1. The predicted octanol–water partition coefficient (Wildman–Crippen LogP) is 2.12. The number of thiophene rings is 1. The molecule has 102 valence electrons. The number of aryl methyl sites for hydroxylation is 1. The summed E-state index contributed by atoms with van der Waals surface area (Å²) >= 11 is 1.51. The first-order valence-corrected chi connectivity index (χ1v) is 7.52. The van der Waals surface area contributed by atoms with Crippen molar-refractivity contribution in [2.75, 3.05) is 26.2 Å². The molecule has 19 heavy (non-hydrogen) atoms. The van der Waals surface area contributed by atoms with Crippen LogP contribution in [-0.2, 0) is 0 Å². The smallest absolute Gasteiger partial charge is 0.264 e. The highest BCUT2D eigenvalue weighted by atomic mass is 32.1. The van der Waals surface area contributed by atoms with Crippen LogP contribution in [0.25, 0.3) is 0 Å². The standard InChI is InChI=1S/C14H19N3OS/c1-3-12(10-15)16-5-7-17(8-6-16)14(18)13-11(2)4-9-19-13/h4,9,12H,3,5-8H2,1-2H3. The molecule has 1 atom stereocenters. The molecule has 1 saturated heterocycles. The average molecular weight is 277 g/mol. The molecule has 0 N–H and O–H groups in total. The second-order valence-corrected chi connectivity index (χ2v) is 5.73. The van der Waals surface area contributed by atoms with Crippen molar-refractivity contribution >= 4 is 17.2 Å². The van der Waals surface area contributed by atoms with Gasteiger partial charge in [0.1, 0.15) is 0 Å². The fourth-order valence-corrected chi connectivity index (χ4v) is 3.30. The maximum absolute atomic E-state index is 12.4. The van der Waals surface area contributed by atoms with Gasteiger partial charge in [0.15, 0.2) is 0 Å². The summed E-state index contributed by atoms with van der Waals surface area (Å²) in [5.74, 6) is 0.136. The Morgan fingerprint density at radius 3 is 2.63 bits per heavy atom. The van der Waals surface area contributed by atoms with Crippen LogP contribution in [0.15, 0.2) is 11.4 Å². The summed E-state index contributed by atoms with van der Waals surface area (Å²) in [5, 5.41) is 11.0. The molecule has 4 nitrogen and oxygen atoms in total. The van der Waals surface area contributed by atoms with E-state index in [9.17, 15) is 4.79 Å². The summed E-state index contributed by atoms with van der Waals surface area (Å²) in [5.41, 5.74) is 1.06. The third-order valence-corrected chi connectivity index (χ3v) is 4.64. The molecule has 1 unspecified atom stereocenters. The molecule has 5 heteroatoms. The van der Waals surface area contributed by atoms with E-state index in [1.807, 2.05) is 30.2 Å². The maximum atomic E-state index is 12.4. The maximum Gasteiger partial charge on any atom is 0.264 e. The molecule has 1 fully saturated rings. The van der Waals surface area contributed by atoms with E-state index in [0.29, 0.717) is 13.1 Å². The van der Waals surface area contributed by atoms with E-state index in [-0.39, 0.29) is 11.9 Å². The van der Waals surface area contributed by atoms with E-state index in [1.54, 1.807) is 0 Å². The fraction of sp³-hybridized carbons (Fsp3) is 0.571. The first kappa shape index (κ1) is 14.0. The largest absolute Gasteiger partial charge is 0.335 e. The van der Waals surface area contributed by atoms with Crippen LogP contribution in [0.1, 0.15) is 28.6 Å². The minimum absolute atomic E-state index is 0.0132. The molecule has 1 aromatic heterocycles. The minimum atomic E-state index is -0.0132. The minimum Gasteiger partial charge on any atom is -0.335 e. The number of hydrogen-bond donors (Lipinski definition) is 0. The van der Waals surface area contributed by atoms with E-state index in [2.05, 4.69) is 11.0 Å². The van der Waals surface area contributed by atoms with Gasteiger partial charge in [0.2, 0.25) is 0 Å². The van der Waals surface area contributed by atoms with Crippen molar-refractivity contribution in [2.45, 2.75) is 26.3 Å². The number of nitrogens with zero attached hydrogens (tertiary/aromatic N) is 3. The molecule has 1 aromatic rings. The molecule has 2 heterocycles. The molecule has 2 rings (SSSR count). The lowest BCUT2D eigenvalue weighted by Gasteiger charge is -2.36. The van der Waals surface area contributed by atoms with Gasteiger partial charge < -0.3 is 4.90 Å². The Hall–Kier alpha value is -1.38. The molecule has 0 radical (unpaired) electrons. The lowest BCUT2D eigenvalue weighted by molar-refractivity contribution is 0.0608. The Morgan fingerprint density at radius 2 is 2.16 bits per heavy atom. The van der Waals surface area contributed by atoms with Crippen LogP contribution in [0.2, 0.25) is 0 Å². The Balaban J connectivity index is 1.96. The zero-order chi connectivity index (χ0) is 13.8. The van der Waals surface area contributed by atoms with Crippen LogP contribution in [0.3, 0.4) is 0 Å². The monoisotopic (exact) mass is 277 g/mol. The highest BCUT2D eigenvalue weighted by molar-refractivity contribution is 7.12. The average Bonchev–Trinajstić information content (AvgIpc) is 2.86. The molecule has 0 saturated carbocycles. The summed E-state index contributed by atoms with van der Waals surface area (Å²) < 4.78 is 0. The Bertz CT molecular complexity index is 483. The molecular weight excluding hydrogens is 258 g/mol. The van der Waals surface area contributed by atoms with Crippen LogP contribution in [0, 0.1) is 18.3 Å². The van der Waals surface area contributed by atoms with Gasteiger partial charge in [-0.3, -0.25) is 9.69 Å². The molecule has 0 spiro atoms. The number of rotatable bonds is 3. The van der Waals surface area contributed by atoms with Crippen molar-refractivity contribution in [1.82, 2.24) is 9.80 Å². The molecule has 0 aromatic carbocycles. The second kappa shape index (κ2) is 6.18. The van der Waals surface area contributed by atoms with Crippen LogP contribution in [0.4, 0.5) is 0 Å². The Labute approximate surface area is 118 Å². The summed E-state index contributed by atoms with van der Waals surface area (Å²) in [7, 11) is 0. The summed E-state index contributed by atoms with van der Waals surface area (Å²) in [6, 6.07) is 4.30. The van der Waals surface area contributed by atoms with E-state index in [1.165, 1.54) is 11.3 Å². The van der Waals surface area contributed by atoms with Gasteiger partial charge in [0, 0.05) is 26.2 Å². The van der Waals surface area contributed by atoms with Crippen LogP contribution >= 0.6 is 11.3 Å². The predicted molar refractivity (Wildman–Crippen MR) is 76.2 cm³/mol. The second-order valence-electron chi connectivity index (χ2n) is 4.81. The molecular formula is C14H19N3OS. The van der Waals surface area contributed by atoms with E-state index >= 15 is 0 Å². The highest BCUT2D eigenvalue weighted by Gasteiger charge is 2.26. The third kappa shape index (κ3) is 2.96. The van der Waals surface area contributed by atoms with Crippen molar-refractivity contribution in [3.05, 3.63) is 21.9 Å². The van der Waals surface area contributed by atoms with Gasteiger partial charge in [0.25, 0.3) is 5.91 Å². The number of carbonyl (C=O) groups is 1. The first-order valence-electron chi connectivity index (χ1n) is 6.64. The zero-order valence-corrected chi connectivity index (χ0v) is 12.2. The van der Waals surface area contributed by atoms with Crippen LogP contribution < -0.4 is 0 Å². The molecule has 1 amide bonds. The van der Waals surface area contributed by atoms with Gasteiger partial charge in [-0.05, 0) is 30.4 Å². The van der Waals surface area contributed by atoms with Gasteiger partial charge in [-0.1, -0.05) is 6.92 Å². The van der Waals surface area contributed by atoms with Crippen molar-refractivity contribution in [2.24, 2.45) is 0 Å². The summed E-state index contributed by atoms with van der Waals surface area (Å²) in [6.45, 7) is 7.02. The number of carbonyl (C=O) groups excluding carboxylic acids is 1. The molecule has 0 aliphatic carbocycles. The van der Waals surface area contributed by atoms with E-state index < -0.39 is 0 Å². The Kier molecular flexibility index (Phi) is 4.56. The van der Waals surface area contributed by atoms with E-state index in [0.717, 1.165) is 30.0 Å². The lowest BCUT2D eigenvalue weighted by atomic mass is 10.1. The van der Waals surface area contributed by atoms with Gasteiger partial charge >= 0.3 is 0 Å². The van der Waals surface area contributed by atoms with Crippen molar-refractivity contribution in [1.29, 1.82) is 5.26 Å². The van der Waals surface area contributed by atoms with Crippen LogP contribution in [0.5, 0.6) is 0 Å². The van der Waals surface area contributed by atoms with E-state index in [4.69, 9.17) is 5.26 Å². The molecule has 0 bridgehead atoms. The molecule has 1 aliphatic rings. The van der Waals surface area contributed by atoms with Gasteiger partial charge in [-0.2, -0.15) is 5.26 Å². The highest BCUT2D eigenvalue weighted by Crippen LogP contribution is 2.19. The van der Waals surface area contributed by atoms with Crippen LogP contribution in [-0.4, -0.2) is 47.9 Å². The van der Waals surface area contributed by atoms with Gasteiger partial charge in [-0.15, -0.1) is 11.3 Å². The fourth-order valence-electron chi connectivity index (χ4n) is 2.40. The van der Waals surface area contributed by atoms with Crippen molar-refractivity contribution in [3.8, 4) is 6.07 Å². The third-order valence-electron chi connectivity index (χ3n) is 3.63. The Morgan fingerprint density at radius 1 is 1.47 bits per heavy atom. The van der Waals surface area contributed by atoms with Gasteiger partial charge in [0.05, 0.1) is 17.0 Å². The quantitative estimate of drug-likeness (QED) is 0.850. The van der Waals surface area contributed by atoms with Crippen molar-refractivity contribution < 1.29 is 4.79 Å². The first-order chi connectivity index (χ1) is 9.17. The summed E-state index contributed by atoms with van der Waals surface area (Å²) in [4.78, 5) is 17.3. The number of piperazine rings is 1. The summed E-state index contributed by atoms with van der Waals surface area (Å²) in [6.07, 6.45) is 0.842. The number of amides is 1.